The number of hydrogen-bond donors (Lipinski definition) is 1. The highest BCUT2D eigenvalue weighted by atomic mass is 35.5. The highest BCUT2D eigenvalue weighted by molar-refractivity contribution is 6.30. The summed E-state index contributed by atoms with van der Waals surface area (Å²) in [4.78, 5) is 15.2. The summed E-state index contributed by atoms with van der Waals surface area (Å²) in [6, 6.07) is 9.96. The Balaban J connectivity index is 2.07. The maximum Gasteiger partial charge on any atom is 0.435 e. The molecule has 0 fully saturated rings. The molecule has 0 aliphatic carbocycles. The number of aliphatic hydroxyl groups is 1. The molecule has 1 N–H and O–H groups in total. The first-order valence-electron chi connectivity index (χ1n) is 9.38. The summed E-state index contributed by atoms with van der Waals surface area (Å²) in [7, 11) is 1.26. The van der Waals surface area contributed by atoms with Gasteiger partial charge in [0, 0.05) is 23.8 Å². The first-order chi connectivity index (χ1) is 15.0. The number of rotatable bonds is 5. The van der Waals surface area contributed by atoms with E-state index in [1.807, 2.05) is 0 Å². The van der Waals surface area contributed by atoms with Gasteiger partial charge in [-0.25, -0.2) is 13.9 Å². The van der Waals surface area contributed by atoms with Crippen LogP contribution in [0.4, 0.5) is 33.9 Å². The monoisotopic (exact) mass is 470 g/mol. The third kappa shape index (κ3) is 4.86. The zero-order valence-electron chi connectivity index (χ0n) is 17.1. The van der Waals surface area contributed by atoms with Crippen LogP contribution in [0.3, 0.4) is 0 Å². The van der Waals surface area contributed by atoms with Gasteiger partial charge in [-0.05, 0) is 42.8 Å². The molecule has 0 aliphatic rings. The minimum atomic E-state index is -4.76. The lowest BCUT2D eigenvalue weighted by molar-refractivity contribution is -0.141. The van der Waals surface area contributed by atoms with Gasteiger partial charge < -0.3 is 5.11 Å². The quantitative estimate of drug-likeness (QED) is 0.531. The smallest absolute Gasteiger partial charge is 0.395 e. The largest absolute Gasteiger partial charge is 0.435 e. The Kier molecular flexibility index (Phi) is 6.75. The van der Waals surface area contributed by atoms with Crippen LogP contribution in [0.5, 0.6) is 0 Å². The van der Waals surface area contributed by atoms with E-state index in [1.165, 1.54) is 37.4 Å². The fourth-order valence-electron chi connectivity index (χ4n) is 3.01. The standard InChI is InChI=1S/C21H19ClF4N4O2/c1-13-6-7-15(11-17(13)23)29(8-9-31)20(32)28(2)19-12-18(21(24,25)26)27-30(19)16-5-3-4-14(22)10-16/h3-7,10-12,31H,8-9H2,1-2H3. The number of halogens is 5. The van der Waals surface area contributed by atoms with Crippen LogP contribution in [-0.2, 0) is 6.18 Å². The van der Waals surface area contributed by atoms with Gasteiger partial charge in [0.05, 0.1) is 18.8 Å². The molecule has 3 aromatic rings. The summed E-state index contributed by atoms with van der Waals surface area (Å²) in [5.74, 6) is -0.760. The number of carbonyl (C=O) groups excluding carboxylic acids is 1. The molecule has 2 amide bonds. The molecule has 0 atom stereocenters. The fourth-order valence-corrected chi connectivity index (χ4v) is 3.20. The normalized spacial score (nSPS) is 11.5. The molecule has 32 heavy (non-hydrogen) atoms. The predicted molar refractivity (Wildman–Crippen MR) is 113 cm³/mol. The number of amides is 2. The van der Waals surface area contributed by atoms with Crippen molar-refractivity contribution in [3.63, 3.8) is 0 Å². The zero-order valence-corrected chi connectivity index (χ0v) is 17.8. The van der Waals surface area contributed by atoms with Gasteiger partial charge in [-0.2, -0.15) is 18.3 Å². The van der Waals surface area contributed by atoms with E-state index in [-0.39, 0.29) is 28.8 Å². The summed E-state index contributed by atoms with van der Waals surface area (Å²) in [6.45, 7) is 0.894. The van der Waals surface area contributed by atoms with Crippen molar-refractivity contribution in [2.75, 3.05) is 30.0 Å². The number of anilines is 2. The van der Waals surface area contributed by atoms with Gasteiger partial charge >= 0.3 is 12.2 Å². The molecule has 1 aromatic heterocycles. The van der Waals surface area contributed by atoms with Crippen LogP contribution in [0.25, 0.3) is 5.69 Å². The number of hydrogen-bond acceptors (Lipinski definition) is 3. The number of nitrogens with zero attached hydrogens (tertiary/aromatic N) is 4. The topological polar surface area (TPSA) is 61.6 Å². The van der Waals surface area contributed by atoms with E-state index < -0.39 is 30.3 Å². The summed E-state index contributed by atoms with van der Waals surface area (Å²) in [5, 5.41) is 13.3. The van der Waals surface area contributed by atoms with Crippen LogP contribution < -0.4 is 9.80 Å². The van der Waals surface area contributed by atoms with Crippen LogP contribution in [0.2, 0.25) is 5.02 Å². The van der Waals surface area contributed by atoms with E-state index in [0.29, 0.717) is 5.56 Å². The Hall–Kier alpha value is -3.11. The van der Waals surface area contributed by atoms with Crippen LogP contribution in [0, 0.1) is 12.7 Å². The minimum Gasteiger partial charge on any atom is -0.395 e. The summed E-state index contributed by atoms with van der Waals surface area (Å²) >= 11 is 5.97. The number of benzene rings is 2. The molecular weight excluding hydrogens is 452 g/mol. The van der Waals surface area contributed by atoms with Crippen molar-refractivity contribution < 1.29 is 27.5 Å². The first-order valence-corrected chi connectivity index (χ1v) is 9.76. The van der Waals surface area contributed by atoms with Crippen LogP contribution >= 0.6 is 11.6 Å². The molecule has 11 heteroatoms. The van der Waals surface area contributed by atoms with E-state index in [0.717, 1.165) is 26.6 Å². The molecule has 0 saturated carbocycles. The molecule has 0 saturated heterocycles. The van der Waals surface area contributed by atoms with E-state index >= 15 is 0 Å². The SMILES string of the molecule is Cc1ccc(N(CCO)C(=O)N(C)c2cc(C(F)(F)F)nn2-c2cccc(Cl)c2)cc1F. The number of urea groups is 1. The number of alkyl halides is 3. The lowest BCUT2D eigenvalue weighted by Gasteiger charge is -2.28. The van der Waals surface area contributed by atoms with E-state index in [1.54, 1.807) is 13.0 Å². The highest BCUT2D eigenvalue weighted by Crippen LogP contribution is 2.33. The van der Waals surface area contributed by atoms with E-state index in [4.69, 9.17) is 11.6 Å². The number of carbonyl (C=O) groups is 1. The van der Waals surface area contributed by atoms with Crippen molar-refractivity contribution in [3.8, 4) is 5.69 Å². The van der Waals surface area contributed by atoms with Crippen molar-refractivity contribution in [2.45, 2.75) is 13.1 Å². The molecule has 6 nitrogen and oxygen atoms in total. The maximum atomic E-state index is 14.1. The van der Waals surface area contributed by atoms with Crippen molar-refractivity contribution in [1.82, 2.24) is 9.78 Å². The van der Waals surface area contributed by atoms with Crippen molar-refractivity contribution in [1.29, 1.82) is 0 Å². The first kappa shape index (κ1) is 23.6. The molecule has 0 radical (unpaired) electrons. The van der Waals surface area contributed by atoms with Crippen LogP contribution in [-0.4, -0.2) is 41.1 Å². The number of aliphatic hydroxyl groups excluding tert-OH is 1. The minimum absolute atomic E-state index is 0.142. The van der Waals surface area contributed by atoms with Gasteiger partial charge in [0.25, 0.3) is 0 Å². The lowest BCUT2D eigenvalue weighted by atomic mass is 10.2. The third-order valence-electron chi connectivity index (χ3n) is 4.69. The molecule has 0 spiro atoms. The Morgan fingerprint density at radius 3 is 2.50 bits per heavy atom. The molecular formula is C21H19ClF4N4O2. The Morgan fingerprint density at radius 1 is 1.19 bits per heavy atom. The third-order valence-corrected chi connectivity index (χ3v) is 4.92. The molecule has 2 aromatic carbocycles. The van der Waals surface area contributed by atoms with Gasteiger partial charge in [0.1, 0.15) is 11.6 Å². The van der Waals surface area contributed by atoms with Crippen molar-refractivity contribution >= 4 is 29.1 Å². The Morgan fingerprint density at radius 2 is 1.91 bits per heavy atom. The summed E-state index contributed by atoms with van der Waals surface area (Å²) in [6.07, 6.45) is -4.76. The van der Waals surface area contributed by atoms with Gasteiger partial charge in [0.2, 0.25) is 0 Å². The second kappa shape index (κ2) is 9.17. The second-order valence-electron chi connectivity index (χ2n) is 6.93. The Labute approximate surface area is 186 Å². The molecule has 0 unspecified atom stereocenters. The highest BCUT2D eigenvalue weighted by Gasteiger charge is 2.36. The van der Waals surface area contributed by atoms with Gasteiger partial charge in [-0.15, -0.1) is 0 Å². The molecule has 0 bridgehead atoms. The lowest BCUT2D eigenvalue weighted by Crippen LogP contribution is -2.43. The van der Waals surface area contributed by atoms with Gasteiger partial charge in [-0.1, -0.05) is 23.7 Å². The van der Waals surface area contributed by atoms with Crippen LogP contribution in [0.15, 0.2) is 48.5 Å². The van der Waals surface area contributed by atoms with E-state index in [2.05, 4.69) is 5.10 Å². The van der Waals surface area contributed by atoms with Gasteiger partial charge in [0.15, 0.2) is 5.69 Å². The van der Waals surface area contributed by atoms with Gasteiger partial charge in [-0.3, -0.25) is 9.80 Å². The van der Waals surface area contributed by atoms with Crippen LogP contribution in [0.1, 0.15) is 11.3 Å². The zero-order chi connectivity index (χ0) is 23.6. The molecule has 0 aliphatic heterocycles. The maximum absolute atomic E-state index is 14.1. The average molecular weight is 471 g/mol. The van der Waals surface area contributed by atoms with Crippen molar-refractivity contribution in [2.24, 2.45) is 0 Å². The molecule has 170 valence electrons. The number of aromatic nitrogens is 2. The molecule has 1 heterocycles. The van der Waals surface area contributed by atoms with Crippen molar-refractivity contribution in [3.05, 3.63) is 70.6 Å². The predicted octanol–water partition coefficient (Wildman–Crippen LogP) is 5.05. The summed E-state index contributed by atoms with van der Waals surface area (Å²) < 4.78 is 55.1. The molecule has 3 rings (SSSR count). The summed E-state index contributed by atoms with van der Waals surface area (Å²) in [5.41, 5.74) is -0.504. The second-order valence-corrected chi connectivity index (χ2v) is 7.36. The fraction of sp³-hybridized carbons (Fsp3) is 0.238. The van der Waals surface area contributed by atoms with E-state index in [9.17, 15) is 27.5 Å². The number of aryl methyl sites for hydroxylation is 1. The Bertz CT molecular complexity index is 1130. The average Bonchev–Trinajstić information content (AvgIpc) is 3.19.